The van der Waals surface area contributed by atoms with Gasteiger partial charge in [0.05, 0.1) is 17.9 Å². The molecule has 1 aromatic carbocycles. The minimum Gasteiger partial charge on any atom is -0.456 e. The summed E-state index contributed by atoms with van der Waals surface area (Å²) in [7, 11) is 1.36. The van der Waals surface area contributed by atoms with Crippen molar-refractivity contribution >= 4 is 41.3 Å². The van der Waals surface area contributed by atoms with Gasteiger partial charge in [0.25, 0.3) is 5.91 Å². The topological polar surface area (TPSA) is 105 Å². The van der Waals surface area contributed by atoms with Crippen LogP contribution in [0, 0.1) is 0 Å². The maximum absolute atomic E-state index is 12.0. The van der Waals surface area contributed by atoms with Gasteiger partial charge in [-0.15, -0.1) is 11.8 Å². The molecule has 0 unspecified atom stereocenters. The Morgan fingerprint density at radius 1 is 1.29 bits per heavy atom. The molecule has 0 atom stereocenters. The molecule has 8 nitrogen and oxygen atoms in total. The Morgan fingerprint density at radius 3 is 2.79 bits per heavy atom. The molecule has 9 heteroatoms. The first-order valence-corrected chi connectivity index (χ1v) is 8.19. The summed E-state index contributed by atoms with van der Waals surface area (Å²) in [6.07, 6.45) is -0.0437. The Balaban J connectivity index is 1.83. The van der Waals surface area contributed by atoms with E-state index in [1.807, 2.05) is 29.6 Å². The first kappa shape index (κ1) is 17.8. The van der Waals surface area contributed by atoms with Crippen molar-refractivity contribution in [2.45, 2.75) is 11.3 Å². The van der Waals surface area contributed by atoms with Crippen LogP contribution in [0.1, 0.15) is 6.42 Å². The number of fused-ring (bicyclic) bond motifs is 1. The van der Waals surface area contributed by atoms with Crippen molar-refractivity contribution < 1.29 is 23.9 Å². The van der Waals surface area contributed by atoms with Gasteiger partial charge in [-0.25, -0.2) is 4.79 Å². The third-order valence-corrected chi connectivity index (χ3v) is 4.24. The number of ether oxygens (including phenoxy) is 1. The second kappa shape index (κ2) is 8.34. The molecular formula is C15H17N3O5S. The third kappa shape index (κ3) is 4.72. The van der Waals surface area contributed by atoms with Crippen molar-refractivity contribution in [2.75, 3.05) is 30.9 Å². The zero-order valence-corrected chi connectivity index (χ0v) is 13.9. The standard InChI is InChI=1S/C15H17N3O5S/c1-16-15(22)17-12(19)8-23-14(21)6-7-18-10-4-2-3-5-11(10)24-9-13(18)20/h2-5H,6-9H2,1H3,(H2,16,17,19,22). The summed E-state index contributed by atoms with van der Waals surface area (Å²) in [5, 5.41) is 4.19. The quantitative estimate of drug-likeness (QED) is 0.749. The molecule has 2 rings (SSSR count). The number of hydrogen-bond donors (Lipinski definition) is 2. The molecular weight excluding hydrogens is 334 g/mol. The number of hydrogen-bond acceptors (Lipinski definition) is 6. The van der Waals surface area contributed by atoms with E-state index in [2.05, 4.69) is 5.32 Å². The lowest BCUT2D eigenvalue weighted by Crippen LogP contribution is -2.40. The van der Waals surface area contributed by atoms with E-state index in [4.69, 9.17) is 4.74 Å². The minimum atomic E-state index is -0.724. The summed E-state index contributed by atoms with van der Waals surface area (Å²) in [5.74, 6) is -1.10. The second-order valence-electron chi connectivity index (χ2n) is 4.84. The van der Waals surface area contributed by atoms with E-state index in [1.54, 1.807) is 0 Å². The Bertz CT molecular complexity index is 664. The molecule has 1 heterocycles. The lowest BCUT2D eigenvalue weighted by atomic mass is 10.2. The van der Waals surface area contributed by atoms with Crippen LogP contribution in [0.25, 0.3) is 0 Å². The highest BCUT2D eigenvalue weighted by atomic mass is 32.2. The molecule has 0 bridgehead atoms. The Hall–Kier alpha value is -2.55. The number of nitrogens with one attached hydrogen (secondary N) is 2. The van der Waals surface area contributed by atoms with Crippen LogP contribution < -0.4 is 15.5 Å². The largest absolute Gasteiger partial charge is 0.456 e. The van der Waals surface area contributed by atoms with Crippen LogP contribution in [0.4, 0.5) is 10.5 Å². The van der Waals surface area contributed by atoms with Gasteiger partial charge in [0, 0.05) is 18.5 Å². The van der Waals surface area contributed by atoms with Crippen molar-refractivity contribution in [2.24, 2.45) is 0 Å². The highest BCUT2D eigenvalue weighted by Gasteiger charge is 2.25. The first-order chi connectivity index (χ1) is 11.5. The Kier molecular flexibility index (Phi) is 6.19. The summed E-state index contributed by atoms with van der Waals surface area (Å²) in [4.78, 5) is 48.5. The number of benzene rings is 1. The number of thioether (sulfide) groups is 1. The average Bonchev–Trinajstić information content (AvgIpc) is 2.59. The Morgan fingerprint density at radius 2 is 2.04 bits per heavy atom. The van der Waals surface area contributed by atoms with Gasteiger partial charge in [0.15, 0.2) is 6.61 Å². The van der Waals surface area contributed by atoms with Gasteiger partial charge in [0.2, 0.25) is 5.91 Å². The number of nitrogens with zero attached hydrogens (tertiary/aromatic N) is 1. The van der Waals surface area contributed by atoms with Crippen LogP contribution in [-0.2, 0) is 19.1 Å². The van der Waals surface area contributed by atoms with Gasteiger partial charge in [-0.1, -0.05) is 12.1 Å². The van der Waals surface area contributed by atoms with E-state index in [1.165, 1.54) is 23.7 Å². The monoisotopic (exact) mass is 351 g/mol. The predicted octanol–water partition coefficient (Wildman–Crippen LogP) is 0.514. The number of amides is 4. The fourth-order valence-electron chi connectivity index (χ4n) is 2.05. The van der Waals surface area contributed by atoms with Crippen molar-refractivity contribution in [1.82, 2.24) is 10.6 Å². The van der Waals surface area contributed by atoms with E-state index in [0.29, 0.717) is 5.75 Å². The SMILES string of the molecule is CNC(=O)NC(=O)COC(=O)CCN1C(=O)CSc2ccccc21. The van der Waals surface area contributed by atoms with Crippen LogP contribution in [0.3, 0.4) is 0 Å². The zero-order valence-electron chi connectivity index (χ0n) is 13.0. The number of rotatable bonds is 5. The van der Waals surface area contributed by atoms with Gasteiger partial charge in [-0.3, -0.25) is 19.7 Å². The van der Waals surface area contributed by atoms with Gasteiger partial charge in [-0.2, -0.15) is 0 Å². The molecule has 2 N–H and O–H groups in total. The van der Waals surface area contributed by atoms with Crippen molar-refractivity contribution in [1.29, 1.82) is 0 Å². The van der Waals surface area contributed by atoms with Crippen LogP contribution >= 0.6 is 11.8 Å². The number of carbonyl (C=O) groups excluding carboxylic acids is 4. The maximum Gasteiger partial charge on any atom is 0.321 e. The molecule has 0 aromatic heterocycles. The fraction of sp³-hybridized carbons (Fsp3) is 0.333. The molecule has 0 saturated carbocycles. The van der Waals surface area contributed by atoms with Gasteiger partial charge < -0.3 is 15.0 Å². The number of para-hydroxylation sites is 1. The zero-order chi connectivity index (χ0) is 17.5. The number of carbonyl (C=O) groups is 4. The normalized spacial score (nSPS) is 13.0. The molecule has 4 amide bonds. The molecule has 1 aliphatic rings. The average molecular weight is 351 g/mol. The summed E-state index contributed by atoms with van der Waals surface area (Å²) >= 11 is 1.46. The third-order valence-electron chi connectivity index (χ3n) is 3.19. The van der Waals surface area contributed by atoms with Crippen LogP contribution in [0.5, 0.6) is 0 Å². The second-order valence-corrected chi connectivity index (χ2v) is 5.86. The molecule has 24 heavy (non-hydrogen) atoms. The molecule has 1 aromatic rings. The number of urea groups is 1. The summed E-state index contributed by atoms with van der Waals surface area (Å²) < 4.78 is 4.79. The molecule has 0 aliphatic carbocycles. The van der Waals surface area contributed by atoms with Crippen LogP contribution in [-0.4, -0.2) is 49.8 Å². The van der Waals surface area contributed by atoms with Gasteiger partial charge >= 0.3 is 12.0 Å². The maximum atomic E-state index is 12.0. The summed E-state index contributed by atoms with van der Waals surface area (Å²) in [6, 6.07) is 6.78. The van der Waals surface area contributed by atoms with E-state index in [0.717, 1.165) is 10.6 Å². The predicted molar refractivity (Wildman–Crippen MR) is 87.7 cm³/mol. The first-order valence-electron chi connectivity index (χ1n) is 7.20. The fourth-order valence-corrected chi connectivity index (χ4v) is 2.98. The molecule has 0 radical (unpaired) electrons. The van der Waals surface area contributed by atoms with E-state index in [9.17, 15) is 19.2 Å². The van der Waals surface area contributed by atoms with E-state index < -0.39 is 24.5 Å². The molecule has 1 aliphatic heterocycles. The van der Waals surface area contributed by atoms with Crippen LogP contribution in [0.15, 0.2) is 29.2 Å². The van der Waals surface area contributed by atoms with Gasteiger partial charge in [-0.05, 0) is 12.1 Å². The number of imide groups is 1. The molecule has 0 spiro atoms. The summed E-state index contributed by atoms with van der Waals surface area (Å²) in [5.41, 5.74) is 0.768. The van der Waals surface area contributed by atoms with E-state index in [-0.39, 0.29) is 18.9 Å². The summed E-state index contributed by atoms with van der Waals surface area (Å²) in [6.45, 7) is -0.376. The lowest BCUT2D eigenvalue weighted by molar-refractivity contribution is -0.148. The van der Waals surface area contributed by atoms with Crippen LogP contribution in [0.2, 0.25) is 0 Å². The molecule has 0 saturated heterocycles. The number of anilines is 1. The molecule has 0 fully saturated rings. The lowest BCUT2D eigenvalue weighted by Gasteiger charge is -2.28. The van der Waals surface area contributed by atoms with Crippen molar-refractivity contribution in [3.63, 3.8) is 0 Å². The van der Waals surface area contributed by atoms with Crippen molar-refractivity contribution in [3.05, 3.63) is 24.3 Å². The van der Waals surface area contributed by atoms with Gasteiger partial charge in [0.1, 0.15) is 0 Å². The van der Waals surface area contributed by atoms with E-state index >= 15 is 0 Å². The Labute approximate surface area is 142 Å². The minimum absolute atomic E-state index is 0.0437. The van der Waals surface area contributed by atoms with Crippen molar-refractivity contribution in [3.8, 4) is 0 Å². The highest BCUT2D eigenvalue weighted by molar-refractivity contribution is 8.00. The molecule has 128 valence electrons. The highest BCUT2D eigenvalue weighted by Crippen LogP contribution is 2.34. The smallest absolute Gasteiger partial charge is 0.321 e. The number of esters is 1.